The molecule has 1 amide bonds. The SMILES string of the molecule is CCC(C)NC(=O)CCNC(=NC)NCC(C)COCc1ccccc1.I. The summed E-state index contributed by atoms with van der Waals surface area (Å²) in [7, 11) is 1.73. The van der Waals surface area contributed by atoms with E-state index in [4.69, 9.17) is 4.74 Å². The number of carbonyl (C=O) groups excluding carboxylic acids is 1. The van der Waals surface area contributed by atoms with E-state index in [1.54, 1.807) is 7.05 Å². The first-order chi connectivity index (χ1) is 12.5. The minimum Gasteiger partial charge on any atom is -0.376 e. The lowest BCUT2D eigenvalue weighted by Gasteiger charge is -2.16. The Hall–Kier alpha value is -1.35. The lowest BCUT2D eigenvalue weighted by atomic mass is 10.2. The Morgan fingerprint density at radius 3 is 2.52 bits per heavy atom. The van der Waals surface area contributed by atoms with E-state index in [1.807, 2.05) is 25.1 Å². The van der Waals surface area contributed by atoms with Gasteiger partial charge in [-0.25, -0.2) is 0 Å². The molecule has 0 fully saturated rings. The summed E-state index contributed by atoms with van der Waals surface area (Å²) in [5, 5.41) is 9.39. The second-order valence-electron chi connectivity index (χ2n) is 6.61. The second kappa shape index (κ2) is 15.7. The fraction of sp³-hybridized carbons (Fsp3) is 0.600. The van der Waals surface area contributed by atoms with Crippen LogP contribution in [-0.2, 0) is 16.1 Å². The lowest BCUT2D eigenvalue weighted by Crippen LogP contribution is -2.42. The number of nitrogens with zero attached hydrogens (tertiary/aromatic N) is 1. The fourth-order valence-electron chi connectivity index (χ4n) is 2.25. The van der Waals surface area contributed by atoms with Crippen molar-refractivity contribution in [3.8, 4) is 0 Å². The molecular formula is C20H35IN4O2. The Balaban J connectivity index is 0.00000676. The number of amides is 1. The smallest absolute Gasteiger partial charge is 0.221 e. The number of halogens is 1. The average molecular weight is 490 g/mol. The van der Waals surface area contributed by atoms with Crippen molar-refractivity contribution >= 4 is 35.8 Å². The number of hydrogen-bond acceptors (Lipinski definition) is 3. The Labute approximate surface area is 181 Å². The topological polar surface area (TPSA) is 74.8 Å². The van der Waals surface area contributed by atoms with Crippen molar-refractivity contribution in [1.82, 2.24) is 16.0 Å². The molecule has 7 heteroatoms. The molecule has 0 saturated carbocycles. The number of hydrogen-bond donors (Lipinski definition) is 3. The highest BCUT2D eigenvalue weighted by atomic mass is 127. The van der Waals surface area contributed by atoms with Crippen molar-refractivity contribution in [3.05, 3.63) is 35.9 Å². The lowest BCUT2D eigenvalue weighted by molar-refractivity contribution is -0.121. The summed E-state index contributed by atoms with van der Waals surface area (Å²) in [6, 6.07) is 10.4. The van der Waals surface area contributed by atoms with Gasteiger partial charge in [0.05, 0.1) is 13.2 Å². The minimum atomic E-state index is 0. The first-order valence-corrected chi connectivity index (χ1v) is 9.40. The molecule has 1 aromatic carbocycles. The number of benzene rings is 1. The monoisotopic (exact) mass is 490 g/mol. The van der Waals surface area contributed by atoms with E-state index in [-0.39, 0.29) is 35.9 Å². The van der Waals surface area contributed by atoms with Gasteiger partial charge in [-0.05, 0) is 24.8 Å². The van der Waals surface area contributed by atoms with Crippen LogP contribution >= 0.6 is 24.0 Å². The summed E-state index contributed by atoms with van der Waals surface area (Å²) in [6.07, 6.45) is 1.37. The van der Waals surface area contributed by atoms with Gasteiger partial charge in [-0.1, -0.05) is 44.2 Å². The van der Waals surface area contributed by atoms with Gasteiger partial charge in [0.25, 0.3) is 0 Å². The molecule has 2 unspecified atom stereocenters. The molecule has 2 atom stereocenters. The van der Waals surface area contributed by atoms with Crippen LogP contribution in [0.4, 0.5) is 0 Å². The van der Waals surface area contributed by atoms with Crippen LogP contribution in [-0.4, -0.2) is 44.7 Å². The third-order valence-electron chi connectivity index (χ3n) is 4.02. The quantitative estimate of drug-likeness (QED) is 0.253. The Morgan fingerprint density at radius 2 is 1.89 bits per heavy atom. The van der Waals surface area contributed by atoms with Crippen LogP contribution in [0.3, 0.4) is 0 Å². The molecule has 0 aliphatic rings. The van der Waals surface area contributed by atoms with Crippen LogP contribution in [0.15, 0.2) is 35.3 Å². The molecule has 0 saturated heterocycles. The van der Waals surface area contributed by atoms with Crippen molar-refractivity contribution in [2.24, 2.45) is 10.9 Å². The predicted octanol–water partition coefficient (Wildman–Crippen LogP) is 2.93. The molecule has 0 aliphatic carbocycles. The summed E-state index contributed by atoms with van der Waals surface area (Å²) >= 11 is 0. The normalized spacial score (nSPS) is 13.3. The molecule has 0 bridgehead atoms. The molecule has 154 valence electrons. The van der Waals surface area contributed by atoms with E-state index >= 15 is 0 Å². The molecule has 0 heterocycles. The minimum absolute atomic E-state index is 0. The largest absolute Gasteiger partial charge is 0.376 e. The Morgan fingerprint density at radius 1 is 1.19 bits per heavy atom. The van der Waals surface area contributed by atoms with Crippen molar-refractivity contribution in [2.45, 2.75) is 46.3 Å². The van der Waals surface area contributed by atoms with E-state index in [0.717, 1.165) is 13.0 Å². The summed E-state index contributed by atoms with van der Waals surface area (Å²) in [4.78, 5) is 15.9. The number of nitrogens with one attached hydrogen (secondary N) is 3. The zero-order chi connectivity index (χ0) is 19.2. The van der Waals surface area contributed by atoms with Crippen LogP contribution in [0.5, 0.6) is 0 Å². The number of guanidine groups is 1. The van der Waals surface area contributed by atoms with E-state index < -0.39 is 0 Å². The van der Waals surface area contributed by atoms with E-state index in [0.29, 0.717) is 38.1 Å². The van der Waals surface area contributed by atoms with Crippen LogP contribution < -0.4 is 16.0 Å². The van der Waals surface area contributed by atoms with Crippen LogP contribution in [0.2, 0.25) is 0 Å². The zero-order valence-electron chi connectivity index (χ0n) is 17.0. The molecule has 0 radical (unpaired) electrons. The molecule has 0 spiro atoms. The first kappa shape index (κ1) is 25.6. The summed E-state index contributed by atoms with van der Waals surface area (Å²) in [5.74, 6) is 1.12. The second-order valence-corrected chi connectivity index (χ2v) is 6.61. The van der Waals surface area contributed by atoms with Gasteiger partial charge in [-0.3, -0.25) is 9.79 Å². The average Bonchev–Trinajstić information content (AvgIpc) is 2.65. The summed E-state index contributed by atoms with van der Waals surface area (Å²) in [5.41, 5.74) is 1.18. The van der Waals surface area contributed by atoms with E-state index in [9.17, 15) is 4.79 Å². The van der Waals surface area contributed by atoms with Crippen LogP contribution in [0, 0.1) is 5.92 Å². The van der Waals surface area contributed by atoms with Crippen molar-refractivity contribution in [2.75, 3.05) is 26.7 Å². The van der Waals surface area contributed by atoms with Gasteiger partial charge in [-0.15, -0.1) is 24.0 Å². The Kier molecular flexibility index (Phi) is 14.9. The Bertz CT molecular complexity index is 540. The van der Waals surface area contributed by atoms with Gasteiger partial charge in [0.2, 0.25) is 5.91 Å². The molecule has 3 N–H and O–H groups in total. The maximum absolute atomic E-state index is 11.8. The van der Waals surface area contributed by atoms with Gasteiger partial charge in [0.1, 0.15) is 0 Å². The third kappa shape index (κ3) is 12.6. The summed E-state index contributed by atoms with van der Waals surface area (Å²) < 4.78 is 5.75. The number of rotatable bonds is 11. The van der Waals surface area contributed by atoms with Crippen LogP contribution in [0.25, 0.3) is 0 Å². The third-order valence-corrected chi connectivity index (χ3v) is 4.02. The van der Waals surface area contributed by atoms with Crippen molar-refractivity contribution in [1.29, 1.82) is 0 Å². The van der Waals surface area contributed by atoms with Gasteiger partial charge in [-0.2, -0.15) is 0 Å². The van der Waals surface area contributed by atoms with Crippen LogP contribution in [0.1, 0.15) is 39.2 Å². The molecule has 1 aromatic rings. The molecule has 6 nitrogen and oxygen atoms in total. The maximum Gasteiger partial charge on any atom is 0.221 e. The number of carbonyl (C=O) groups is 1. The molecule has 1 rings (SSSR count). The fourth-order valence-corrected chi connectivity index (χ4v) is 2.25. The molecular weight excluding hydrogens is 455 g/mol. The summed E-state index contributed by atoms with van der Waals surface area (Å²) in [6.45, 7) is 8.81. The molecule has 0 aromatic heterocycles. The van der Waals surface area contributed by atoms with Gasteiger partial charge >= 0.3 is 0 Å². The van der Waals surface area contributed by atoms with Crippen molar-refractivity contribution in [3.63, 3.8) is 0 Å². The standard InChI is InChI=1S/C20H34N4O2.HI/c1-5-17(3)24-19(25)11-12-22-20(21-4)23-13-16(2)14-26-15-18-9-7-6-8-10-18;/h6-10,16-17H,5,11-15H2,1-4H3,(H,24,25)(H2,21,22,23);1H. The van der Waals surface area contributed by atoms with Gasteiger partial charge in [0.15, 0.2) is 5.96 Å². The zero-order valence-corrected chi connectivity index (χ0v) is 19.3. The highest BCUT2D eigenvalue weighted by molar-refractivity contribution is 14.0. The first-order valence-electron chi connectivity index (χ1n) is 9.40. The van der Waals surface area contributed by atoms with E-state index in [2.05, 4.69) is 46.9 Å². The highest BCUT2D eigenvalue weighted by Crippen LogP contribution is 2.02. The highest BCUT2D eigenvalue weighted by Gasteiger charge is 2.07. The van der Waals surface area contributed by atoms with Crippen molar-refractivity contribution < 1.29 is 9.53 Å². The van der Waals surface area contributed by atoms with Gasteiger partial charge < -0.3 is 20.7 Å². The molecule has 27 heavy (non-hydrogen) atoms. The number of ether oxygens (including phenoxy) is 1. The predicted molar refractivity (Wildman–Crippen MR) is 123 cm³/mol. The van der Waals surface area contributed by atoms with E-state index in [1.165, 1.54) is 5.56 Å². The molecule has 0 aliphatic heterocycles. The maximum atomic E-state index is 11.8. The number of aliphatic imine (C=N–C) groups is 1. The van der Waals surface area contributed by atoms with Gasteiger partial charge in [0, 0.05) is 32.6 Å².